The average Bonchev–Trinajstić information content (AvgIpc) is 3.39. The smallest absolute Gasteiger partial charge is 0.255 e. The first-order valence-electron chi connectivity index (χ1n) is 9.06. The van der Waals surface area contributed by atoms with Crippen molar-refractivity contribution in [1.82, 2.24) is 4.98 Å². The molecule has 1 saturated heterocycles. The summed E-state index contributed by atoms with van der Waals surface area (Å²) >= 11 is 1.61. The molecule has 1 fully saturated rings. The molecule has 7 heteroatoms. The molecule has 2 aliphatic heterocycles. The van der Waals surface area contributed by atoms with E-state index in [4.69, 9.17) is 4.74 Å². The summed E-state index contributed by atoms with van der Waals surface area (Å²) in [6.07, 6.45) is 1.35. The minimum Gasteiger partial charge on any atom is -0.493 e. The Kier molecular flexibility index (Phi) is 3.98. The number of ether oxygens (including phenoxy) is 1. The van der Waals surface area contributed by atoms with Crippen LogP contribution in [-0.2, 0) is 6.42 Å². The van der Waals surface area contributed by atoms with Gasteiger partial charge in [-0.25, -0.2) is 4.98 Å². The number of aliphatic hydroxyl groups excluding tert-OH is 1. The van der Waals surface area contributed by atoms with Crippen LogP contribution in [-0.4, -0.2) is 41.8 Å². The molecule has 0 saturated carbocycles. The average molecular weight is 381 g/mol. The second-order valence-electron chi connectivity index (χ2n) is 6.94. The van der Waals surface area contributed by atoms with Crippen molar-refractivity contribution in [2.45, 2.75) is 18.9 Å². The predicted octanol–water partition coefficient (Wildman–Crippen LogP) is 3.05. The van der Waals surface area contributed by atoms with E-state index in [9.17, 15) is 9.90 Å². The third-order valence-electron chi connectivity index (χ3n) is 5.02. The van der Waals surface area contributed by atoms with Crippen LogP contribution < -0.4 is 15.0 Å². The van der Waals surface area contributed by atoms with E-state index in [1.54, 1.807) is 17.4 Å². The first kappa shape index (κ1) is 16.5. The summed E-state index contributed by atoms with van der Waals surface area (Å²) < 4.78 is 6.56. The molecule has 1 atom stereocenters. The molecule has 0 bridgehead atoms. The van der Waals surface area contributed by atoms with E-state index in [0.717, 1.165) is 51.7 Å². The lowest BCUT2D eigenvalue weighted by atomic mass is 10.1. The van der Waals surface area contributed by atoms with Crippen LogP contribution in [0.5, 0.6) is 5.75 Å². The van der Waals surface area contributed by atoms with E-state index in [1.807, 2.05) is 30.3 Å². The number of benzene rings is 2. The van der Waals surface area contributed by atoms with Crippen molar-refractivity contribution in [3.05, 3.63) is 47.5 Å². The highest BCUT2D eigenvalue weighted by atomic mass is 32.1. The third-order valence-corrected chi connectivity index (χ3v) is 6.12. The standard InChI is InChI=1S/C20H19N3O3S/c24-15-5-7-23(11-15)20-22-16-10-14(2-4-18(16)27-20)21-19(25)13-1-3-17-12(9-13)6-8-26-17/h1-4,9-10,15,24H,5-8,11H2,(H,21,25)/t15-/m1/s1. The zero-order chi connectivity index (χ0) is 18.4. The molecule has 138 valence electrons. The van der Waals surface area contributed by atoms with Gasteiger partial charge < -0.3 is 20.1 Å². The lowest BCUT2D eigenvalue weighted by molar-refractivity contribution is 0.102. The van der Waals surface area contributed by atoms with Gasteiger partial charge in [0.25, 0.3) is 5.91 Å². The molecule has 0 spiro atoms. The molecule has 5 rings (SSSR count). The Morgan fingerprint density at radius 2 is 2.22 bits per heavy atom. The van der Waals surface area contributed by atoms with Crippen LogP contribution in [0.2, 0.25) is 0 Å². The second kappa shape index (κ2) is 6.51. The summed E-state index contributed by atoms with van der Waals surface area (Å²) in [6, 6.07) is 11.3. The largest absolute Gasteiger partial charge is 0.493 e. The Balaban J connectivity index is 1.36. The summed E-state index contributed by atoms with van der Waals surface area (Å²) in [5.74, 6) is 0.733. The number of aliphatic hydroxyl groups is 1. The molecule has 27 heavy (non-hydrogen) atoms. The van der Waals surface area contributed by atoms with Gasteiger partial charge in [-0.2, -0.15) is 0 Å². The van der Waals surface area contributed by atoms with Crippen molar-refractivity contribution >= 4 is 38.3 Å². The maximum absolute atomic E-state index is 12.6. The van der Waals surface area contributed by atoms with Crippen molar-refractivity contribution in [3.63, 3.8) is 0 Å². The van der Waals surface area contributed by atoms with Gasteiger partial charge in [0.1, 0.15) is 5.75 Å². The molecular formula is C20H19N3O3S. The zero-order valence-electron chi connectivity index (χ0n) is 14.6. The molecule has 3 aromatic rings. The Morgan fingerprint density at radius 3 is 3.07 bits per heavy atom. The number of nitrogens with one attached hydrogen (secondary N) is 1. The molecule has 1 amide bonds. The van der Waals surface area contributed by atoms with Crippen molar-refractivity contribution < 1.29 is 14.6 Å². The molecule has 2 aromatic carbocycles. The SMILES string of the molecule is O=C(Nc1ccc2sc(N3CC[C@@H](O)C3)nc2c1)c1ccc2c(c1)CCO2. The van der Waals surface area contributed by atoms with Crippen molar-refractivity contribution in [1.29, 1.82) is 0 Å². The number of thiazole rings is 1. The summed E-state index contributed by atoms with van der Waals surface area (Å²) in [4.78, 5) is 19.4. The van der Waals surface area contributed by atoms with Gasteiger partial charge in [-0.3, -0.25) is 4.79 Å². The number of amides is 1. The number of rotatable bonds is 3. The number of hydrogen-bond acceptors (Lipinski definition) is 6. The lowest BCUT2D eigenvalue weighted by Gasteiger charge is -2.12. The molecule has 3 heterocycles. The Labute approximate surface area is 160 Å². The number of anilines is 2. The van der Waals surface area contributed by atoms with E-state index < -0.39 is 0 Å². The number of hydrogen-bond donors (Lipinski definition) is 2. The molecule has 0 unspecified atom stereocenters. The van der Waals surface area contributed by atoms with Crippen LogP contribution in [0.15, 0.2) is 36.4 Å². The molecule has 0 aliphatic carbocycles. The Bertz CT molecular complexity index is 1030. The molecule has 0 radical (unpaired) electrons. The van der Waals surface area contributed by atoms with Crippen molar-refractivity contribution in [2.75, 3.05) is 29.9 Å². The maximum atomic E-state index is 12.6. The van der Waals surface area contributed by atoms with Crippen LogP contribution in [0.1, 0.15) is 22.3 Å². The molecule has 2 aliphatic rings. The first-order chi connectivity index (χ1) is 13.2. The number of carbonyl (C=O) groups excluding carboxylic acids is 1. The maximum Gasteiger partial charge on any atom is 0.255 e. The summed E-state index contributed by atoms with van der Waals surface area (Å²) in [5.41, 5.74) is 3.29. The van der Waals surface area contributed by atoms with E-state index in [1.165, 1.54) is 0 Å². The third kappa shape index (κ3) is 3.13. The molecule has 6 nitrogen and oxygen atoms in total. The van der Waals surface area contributed by atoms with Gasteiger partial charge in [0.15, 0.2) is 5.13 Å². The van der Waals surface area contributed by atoms with Gasteiger partial charge in [0, 0.05) is 30.8 Å². The van der Waals surface area contributed by atoms with Crippen LogP contribution in [0, 0.1) is 0 Å². The molecule has 2 N–H and O–H groups in total. The number of fused-ring (bicyclic) bond motifs is 2. The fourth-order valence-corrected chi connectivity index (χ4v) is 4.56. The normalized spacial score (nSPS) is 18.6. The minimum absolute atomic E-state index is 0.137. The summed E-state index contributed by atoms with van der Waals surface area (Å²) in [5, 5.41) is 13.6. The lowest BCUT2D eigenvalue weighted by Crippen LogP contribution is -2.20. The van der Waals surface area contributed by atoms with Gasteiger partial charge >= 0.3 is 0 Å². The van der Waals surface area contributed by atoms with Crippen molar-refractivity contribution in [3.8, 4) is 5.75 Å². The van der Waals surface area contributed by atoms with E-state index in [0.29, 0.717) is 18.7 Å². The fraction of sp³-hybridized carbons (Fsp3) is 0.300. The fourth-order valence-electron chi connectivity index (χ4n) is 3.57. The van der Waals surface area contributed by atoms with Gasteiger partial charge in [-0.1, -0.05) is 11.3 Å². The zero-order valence-corrected chi connectivity index (χ0v) is 15.5. The highest BCUT2D eigenvalue weighted by Crippen LogP contribution is 2.32. The van der Waals surface area contributed by atoms with Gasteiger partial charge in [-0.05, 0) is 48.4 Å². The van der Waals surface area contributed by atoms with Crippen LogP contribution in [0.4, 0.5) is 10.8 Å². The van der Waals surface area contributed by atoms with Gasteiger partial charge in [0.2, 0.25) is 0 Å². The van der Waals surface area contributed by atoms with Crippen LogP contribution >= 0.6 is 11.3 Å². The van der Waals surface area contributed by atoms with Crippen molar-refractivity contribution in [2.24, 2.45) is 0 Å². The highest BCUT2D eigenvalue weighted by molar-refractivity contribution is 7.22. The number of β-amino-alcohol motifs (C(OH)–C–C–N with tert-alkyl or cyclic N) is 1. The number of carbonyl (C=O) groups is 1. The number of aromatic nitrogens is 1. The summed E-state index contributed by atoms with van der Waals surface area (Å²) in [6.45, 7) is 2.13. The van der Waals surface area contributed by atoms with Gasteiger partial charge in [-0.15, -0.1) is 0 Å². The van der Waals surface area contributed by atoms with E-state index in [2.05, 4.69) is 15.2 Å². The van der Waals surface area contributed by atoms with E-state index >= 15 is 0 Å². The predicted molar refractivity (Wildman–Crippen MR) is 106 cm³/mol. The van der Waals surface area contributed by atoms with E-state index in [-0.39, 0.29) is 12.0 Å². The van der Waals surface area contributed by atoms with Crippen LogP contribution in [0.25, 0.3) is 10.2 Å². The quantitative estimate of drug-likeness (QED) is 0.729. The molecule has 1 aromatic heterocycles. The van der Waals surface area contributed by atoms with Gasteiger partial charge in [0.05, 0.1) is 22.9 Å². The topological polar surface area (TPSA) is 74.7 Å². The summed E-state index contributed by atoms with van der Waals surface area (Å²) in [7, 11) is 0. The monoisotopic (exact) mass is 381 g/mol. The highest BCUT2D eigenvalue weighted by Gasteiger charge is 2.23. The Hall–Kier alpha value is -2.64. The first-order valence-corrected chi connectivity index (χ1v) is 9.88. The number of nitrogens with zero attached hydrogens (tertiary/aromatic N) is 2. The Morgan fingerprint density at radius 1 is 1.30 bits per heavy atom. The minimum atomic E-state index is -0.274. The molecular weight excluding hydrogens is 362 g/mol. The second-order valence-corrected chi connectivity index (χ2v) is 7.95. The van der Waals surface area contributed by atoms with Crippen LogP contribution in [0.3, 0.4) is 0 Å².